The summed E-state index contributed by atoms with van der Waals surface area (Å²) in [4.78, 5) is 20.3. The van der Waals surface area contributed by atoms with Crippen molar-refractivity contribution in [1.82, 2.24) is 9.55 Å². The summed E-state index contributed by atoms with van der Waals surface area (Å²) in [6.07, 6.45) is -2.93. The van der Waals surface area contributed by atoms with Gasteiger partial charge >= 0.3 is 6.18 Å². The van der Waals surface area contributed by atoms with Gasteiger partial charge in [-0.3, -0.25) is 9.36 Å². The summed E-state index contributed by atoms with van der Waals surface area (Å²) in [6, 6.07) is 1.34. The summed E-state index contributed by atoms with van der Waals surface area (Å²) in [6.45, 7) is 7.06. The summed E-state index contributed by atoms with van der Waals surface area (Å²) < 4.78 is 48.5. The maximum Gasteiger partial charge on any atom is 0.413 e. The van der Waals surface area contributed by atoms with Gasteiger partial charge in [0.1, 0.15) is 5.82 Å². The minimum Gasteiger partial charge on any atom is -0.378 e. The van der Waals surface area contributed by atoms with E-state index < -0.39 is 23.8 Å². The first-order chi connectivity index (χ1) is 12.7. The second-order valence-electron chi connectivity index (χ2n) is 7.50. The first-order valence-electron chi connectivity index (χ1n) is 9.50. The van der Waals surface area contributed by atoms with Crippen LogP contribution in [0.5, 0.6) is 0 Å². The van der Waals surface area contributed by atoms with Crippen LogP contribution < -0.4 is 15.4 Å². The molecule has 0 amide bonds. The van der Waals surface area contributed by atoms with Gasteiger partial charge in [-0.15, -0.1) is 0 Å². The fraction of sp³-hybridized carbons (Fsp3) is 0.778. The third-order valence-corrected chi connectivity index (χ3v) is 5.82. The van der Waals surface area contributed by atoms with E-state index >= 15 is 0 Å². The maximum atomic E-state index is 14.0. The molecule has 1 saturated heterocycles. The van der Waals surface area contributed by atoms with Gasteiger partial charge in [0, 0.05) is 25.7 Å². The molecule has 0 aliphatic carbocycles. The number of aromatic nitrogens is 2. The molecule has 2 aliphatic rings. The first-order valence-corrected chi connectivity index (χ1v) is 9.50. The van der Waals surface area contributed by atoms with Gasteiger partial charge in [-0.1, -0.05) is 26.7 Å². The molecule has 0 aromatic carbocycles. The van der Waals surface area contributed by atoms with Crippen molar-refractivity contribution in [3.05, 3.63) is 16.4 Å². The number of morpholine rings is 1. The average Bonchev–Trinajstić information content (AvgIpc) is 2.94. The molecule has 1 unspecified atom stereocenters. The molecular weight excluding hydrogens is 361 g/mol. The zero-order chi connectivity index (χ0) is 19.8. The van der Waals surface area contributed by atoms with Crippen molar-refractivity contribution < 1.29 is 17.9 Å². The van der Waals surface area contributed by atoms with Gasteiger partial charge in [-0.25, -0.2) is 0 Å². The van der Waals surface area contributed by atoms with Crippen LogP contribution in [0.4, 0.5) is 24.9 Å². The Kier molecular flexibility index (Phi) is 5.42. The molecule has 2 aliphatic heterocycles. The number of halogens is 3. The number of alkyl halides is 3. The van der Waals surface area contributed by atoms with Crippen molar-refractivity contribution in [2.75, 3.05) is 42.6 Å². The maximum absolute atomic E-state index is 14.0. The number of hydrogen-bond acceptors (Lipinski definition) is 5. The van der Waals surface area contributed by atoms with Crippen molar-refractivity contribution >= 4 is 11.8 Å². The van der Waals surface area contributed by atoms with Crippen LogP contribution in [-0.4, -0.2) is 54.1 Å². The molecule has 1 aromatic heterocycles. The molecule has 152 valence electrons. The van der Waals surface area contributed by atoms with Crippen molar-refractivity contribution in [2.24, 2.45) is 5.92 Å². The van der Waals surface area contributed by atoms with E-state index in [9.17, 15) is 18.0 Å². The Morgan fingerprint density at radius 3 is 2.44 bits per heavy atom. The average molecular weight is 388 g/mol. The lowest BCUT2D eigenvalue weighted by molar-refractivity contribution is -0.182. The van der Waals surface area contributed by atoms with Gasteiger partial charge < -0.3 is 14.5 Å². The second kappa shape index (κ2) is 7.33. The molecule has 9 heteroatoms. The minimum atomic E-state index is -4.47. The fourth-order valence-electron chi connectivity index (χ4n) is 3.74. The number of hydrogen-bond donors (Lipinski definition) is 0. The molecule has 0 bridgehead atoms. The largest absolute Gasteiger partial charge is 0.413 e. The fourth-order valence-corrected chi connectivity index (χ4v) is 3.74. The highest BCUT2D eigenvalue weighted by atomic mass is 19.4. The normalized spacial score (nSPS) is 23.2. The number of nitrogens with zero attached hydrogens (tertiary/aromatic N) is 4. The van der Waals surface area contributed by atoms with Gasteiger partial charge in [-0.05, 0) is 12.8 Å². The summed E-state index contributed by atoms with van der Waals surface area (Å²) in [5.41, 5.74) is -2.58. The summed E-state index contributed by atoms with van der Waals surface area (Å²) in [5, 5.41) is 0. The van der Waals surface area contributed by atoms with E-state index in [1.54, 1.807) is 0 Å². The Morgan fingerprint density at radius 1 is 1.26 bits per heavy atom. The van der Waals surface area contributed by atoms with Crippen molar-refractivity contribution in [3.63, 3.8) is 0 Å². The van der Waals surface area contributed by atoms with Crippen molar-refractivity contribution in [1.29, 1.82) is 0 Å². The Hall–Kier alpha value is -1.77. The molecule has 27 heavy (non-hydrogen) atoms. The molecule has 3 heterocycles. The standard InChI is InChI=1S/C18H27F3N4O2/c1-4-13(5-2)11-25-16-22-14(23-6-8-27-9-7-23)10-15(26)24(16)12-17(25,3)18(19,20)21/h10,13H,4-9,11-12H2,1-3H3. The molecule has 1 aromatic rings. The molecule has 1 atom stereocenters. The van der Waals surface area contributed by atoms with Crippen molar-refractivity contribution in [2.45, 2.75) is 51.9 Å². The van der Waals surface area contributed by atoms with Gasteiger partial charge in [0.15, 0.2) is 5.54 Å². The van der Waals surface area contributed by atoms with Gasteiger partial charge in [0.05, 0.1) is 19.8 Å². The lowest BCUT2D eigenvalue weighted by Crippen LogP contribution is -2.57. The van der Waals surface area contributed by atoms with E-state index in [1.807, 2.05) is 18.7 Å². The number of anilines is 2. The van der Waals surface area contributed by atoms with E-state index in [0.29, 0.717) is 32.1 Å². The number of ether oxygens (including phenoxy) is 1. The van der Waals surface area contributed by atoms with Crippen LogP contribution in [0, 0.1) is 5.92 Å². The van der Waals surface area contributed by atoms with E-state index in [2.05, 4.69) is 4.98 Å². The number of rotatable bonds is 5. The van der Waals surface area contributed by atoms with Crippen LogP contribution >= 0.6 is 0 Å². The predicted molar refractivity (Wildman–Crippen MR) is 97.4 cm³/mol. The summed E-state index contributed by atoms with van der Waals surface area (Å²) in [5.74, 6) is 0.647. The van der Waals surface area contributed by atoms with Gasteiger partial charge in [0.25, 0.3) is 5.56 Å². The van der Waals surface area contributed by atoms with Crippen LogP contribution in [0.25, 0.3) is 0 Å². The first kappa shape index (κ1) is 20.0. The van der Waals surface area contributed by atoms with E-state index in [-0.39, 0.29) is 18.4 Å². The van der Waals surface area contributed by atoms with Crippen LogP contribution in [-0.2, 0) is 11.3 Å². The quantitative estimate of drug-likeness (QED) is 0.776. The van der Waals surface area contributed by atoms with E-state index in [0.717, 1.165) is 19.8 Å². The van der Waals surface area contributed by atoms with E-state index in [1.165, 1.54) is 15.5 Å². The van der Waals surface area contributed by atoms with Crippen LogP contribution in [0.15, 0.2) is 10.9 Å². The molecule has 0 spiro atoms. The zero-order valence-electron chi connectivity index (χ0n) is 16.1. The van der Waals surface area contributed by atoms with Crippen LogP contribution in [0.2, 0.25) is 0 Å². The Balaban J connectivity index is 2.06. The lowest BCUT2D eigenvalue weighted by atomic mass is 9.96. The summed E-state index contributed by atoms with van der Waals surface area (Å²) >= 11 is 0. The second-order valence-corrected chi connectivity index (χ2v) is 7.50. The molecule has 3 rings (SSSR count). The monoisotopic (exact) mass is 388 g/mol. The molecule has 6 nitrogen and oxygen atoms in total. The van der Waals surface area contributed by atoms with Gasteiger partial charge in [-0.2, -0.15) is 18.2 Å². The number of fused-ring (bicyclic) bond motifs is 1. The highest BCUT2D eigenvalue weighted by molar-refractivity contribution is 5.50. The molecule has 0 radical (unpaired) electrons. The molecule has 1 fully saturated rings. The Bertz CT molecular complexity index is 726. The predicted octanol–water partition coefficient (Wildman–Crippen LogP) is 2.66. The minimum absolute atomic E-state index is 0.0992. The molecular formula is C18H27F3N4O2. The van der Waals surface area contributed by atoms with Crippen LogP contribution in [0.1, 0.15) is 33.6 Å². The molecule has 0 saturated carbocycles. The van der Waals surface area contributed by atoms with Crippen molar-refractivity contribution in [3.8, 4) is 0 Å². The SMILES string of the molecule is CCC(CC)CN1c2nc(N3CCOCC3)cc(=O)n2CC1(C)C(F)(F)F. The topological polar surface area (TPSA) is 50.6 Å². The molecule has 0 N–H and O–H groups in total. The highest BCUT2D eigenvalue weighted by Gasteiger charge is 2.60. The van der Waals surface area contributed by atoms with Gasteiger partial charge in [0.2, 0.25) is 5.95 Å². The Labute approximate surface area is 156 Å². The zero-order valence-corrected chi connectivity index (χ0v) is 16.1. The smallest absolute Gasteiger partial charge is 0.378 e. The lowest BCUT2D eigenvalue weighted by Gasteiger charge is -2.38. The summed E-state index contributed by atoms with van der Waals surface area (Å²) in [7, 11) is 0. The Morgan fingerprint density at radius 2 is 1.89 bits per heavy atom. The highest BCUT2D eigenvalue weighted by Crippen LogP contribution is 2.44. The van der Waals surface area contributed by atoms with Crippen LogP contribution in [0.3, 0.4) is 0 Å². The third-order valence-electron chi connectivity index (χ3n) is 5.82. The third kappa shape index (κ3) is 3.53. The van der Waals surface area contributed by atoms with E-state index in [4.69, 9.17) is 4.74 Å².